The average molecular weight is 433 g/mol. The second kappa shape index (κ2) is 6.76. The van der Waals surface area contributed by atoms with Crippen LogP contribution < -0.4 is 5.32 Å². The highest BCUT2D eigenvalue weighted by molar-refractivity contribution is 6.42. The van der Waals surface area contributed by atoms with Crippen LogP contribution in [0.1, 0.15) is 37.8 Å². The summed E-state index contributed by atoms with van der Waals surface area (Å²) in [6.45, 7) is 2.69. The first kappa shape index (κ1) is 19.0. The maximum Gasteiger partial charge on any atom is 0.254 e. The zero-order valence-electron chi connectivity index (χ0n) is 16.3. The van der Waals surface area contributed by atoms with Gasteiger partial charge in [0.05, 0.1) is 33.5 Å². The fourth-order valence-corrected chi connectivity index (χ4v) is 5.24. The van der Waals surface area contributed by atoms with E-state index in [2.05, 4.69) is 10.4 Å². The molecule has 0 bridgehead atoms. The number of carbonyl (C=O) groups excluding carboxylic acids is 1. The number of allylic oxidation sites excluding steroid dienone is 1. The third-order valence-corrected chi connectivity index (χ3v) is 7.17. The smallest absolute Gasteiger partial charge is 0.254 e. The molecule has 1 saturated heterocycles. The zero-order chi connectivity index (χ0) is 20.3. The van der Waals surface area contributed by atoms with Gasteiger partial charge in [-0.1, -0.05) is 29.3 Å². The summed E-state index contributed by atoms with van der Waals surface area (Å²) >= 11 is 12.5. The number of carbonyl (C=O) groups is 1. The minimum absolute atomic E-state index is 0.0317. The van der Waals surface area contributed by atoms with Crippen LogP contribution in [0.15, 0.2) is 41.7 Å². The van der Waals surface area contributed by atoms with Gasteiger partial charge in [0, 0.05) is 31.8 Å². The van der Waals surface area contributed by atoms with Gasteiger partial charge in [0.15, 0.2) is 0 Å². The number of methoxy groups -OCH3 is 1. The molecule has 2 aliphatic heterocycles. The number of nitrogens with zero attached hydrogens (tertiary/aromatic N) is 3. The Morgan fingerprint density at radius 3 is 2.86 bits per heavy atom. The van der Waals surface area contributed by atoms with Gasteiger partial charge in [0.25, 0.3) is 5.91 Å². The van der Waals surface area contributed by atoms with Crippen molar-refractivity contribution < 1.29 is 9.53 Å². The molecular formula is C21H22Cl2N4O2. The SMILES string of the molecule is CO[C@@H]1CC12CCCN2C(=O)C1=C(C)Nc2ccnn2C1c1ccc(Cl)c(Cl)c1. The average Bonchev–Trinajstić information content (AvgIpc) is 3.00. The van der Waals surface area contributed by atoms with Gasteiger partial charge < -0.3 is 15.0 Å². The standard InChI is InChI=1S/C21H22Cl2N4O2/c1-12-18(20(28)26-9-3-7-21(26)11-16(21)29-2)19(27-17(25-12)6-8-24-27)13-4-5-14(22)15(23)10-13/h4-6,8,10,16,19,25H,3,7,9,11H2,1-2H3/t16-,19?,21?/m1/s1. The maximum atomic E-state index is 13.9. The van der Waals surface area contributed by atoms with E-state index < -0.39 is 0 Å². The minimum atomic E-state index is -0.374. The molecule has 5 rings (SSSR count). The molecule has 29 heavy (non-hydrogen) atoms. The highest BCUT2D eigenvalue weighted by atomic mass is 35.5. The van der Waals surface area contributed by atoms with E-state index in [0.717, 1.165) is 42.9 Å². The van der Waals surface area contributed by atoms with Gasteiger partial charge >= 0.3 is 0 Å². The summed E-state index contributed by atoms with van der Waals surface area (Å²) in [5, 5.41) is 8.77. The number of halogens is 2. The summed E-state index contributed by atoms with van der Waals surface area (Å²) in [6, 6.07) is 7.02. The van der Waals surface area contributed by atoms with Crippen LogP contribution >= 0.6 is 23.2 Å². The summed E-state index contributed by atoms with van der Waals surface area (Å²) in [5.74, 6) is 0.872. The molecule has 3 heterocycles. The van der Waals surface area contributed by atoms with Crippen molar-refractivity contribution in [2.45, 2.75) is 43.9 Å². The van der Waals surface area contributed by atoms with E-state index >= 15 is 0 Å². The quantitative estimate of drug-likeness (QED) is 0.786. The number of amides is 1. The number of hydrogen-bond acceptors (Lipinski definition) is 4. The first-order chi connectivity index (χ1) is 14.0. The zero-order valence-corrected chi connectivity index (χ0v) is 17.8. The molecule has 0 radical (unpaired) electrons. The predicted molar refractivity (Wildman–Crippen MR) is 112 cm³/mol. The number of hydrogen-bond donors (Lipinski definition) is 1. The van der Waals surface area contributed by atoms with E-state index in [9.17, 15) is 4.79 Å². The van der Waals surface area contributed by atoms with E-state index in [1.807, 2.05) is 34.7 Å². The number of nitrogens with one attached hydrogen (secondary N) is 1. The van der Waals surface area contributed by atoms with E-state index in [1.54, 1.807) is 19.4 Å². The second-order valence-corrected chi connectivity index (χ2v) is 8.81. The van der Waals surface area contributed by atoms with Gasteiger partial charge in [-0.2, -0.15) is 5.10 Å². The molecule has 3 atom stereocenters. The summed E-state index contributed by atoms with van der Waals surface area (Å²) in [6.07, 6.45) is 4.74. The number of aromatic nitrogens is 2. The van der Waals surface area contributed by atoms with Gasteiger partial charge in [-0.15, -0.1) is 0 Å². The first-order valence-electron chi connectivity index (χ1n) is 9.77. The number of ether oxygens (including phenoxy) is 1. The summed E-state index contributed by atoms with van der Waals surface area (Å²) in [7, 11) is 1.72. The first-order valence-corrected chi connectivity index (χ1v) is 10.5. The van der Waals surface area contributed by atoms with Crippen molar-refractivity contribution >= 4 is 34.9 Å². The lowest BCUT2D eigenvalue weighted by Crippen LogP contribution is -2.43. The molecule has 6 nitrogen and oxygen atoms in total. The van der Waals surface area contributed by atoms with Crippen molar-refractivity contribution in [1.82, 2.24) is 14.7 Å². The fraction of sp³-hybridized carbons (Fsp3) is 0.429. The number of benzene rings is 1. The molecule has 1 saturated carbocycles. The van der Waals surface area contributed by atoms with Gasteiger partial charge in [-0.05, 0) is 37.5 Å². The van der Waals surface area contributed by atoms with Crippen molar-refractivity contribution in [2.24, 2.45) is 0 Å². The van der Waals surface area contributed by atoms with Gasteiger partial charge in [-0.3, -0.25) is 4.79 Å². The predicted octanol–water partition coefficient (Wildman–Crippen LogP) is 4.26. The van der Waals surface area contributed by atoms with E-state index in [4.69, 9.17) is 27.9 Å². The van der Waals surface area contributed by atoms with Crippen LogP contribution in [0.25, 0.3) is 0 Å². The topological polar surface area (TPSA) is 59.4 Å². The Morgan fingerprint density at radius 2 is 2.14 bits per heavy atom. The minimum Gasteiger partial charge on any atom is -0.379 e. The lowest BCUT2D eigenvalue weighted by molar-refractivity contribution is -0.130. The second-order valence-electron chi connectivity index (χ2n) is 7.99. The van der Waals surface area contributed by atoms with Crippen LogP contribution in [0.5, 0.6) is 0 Å². The molecule has 1 N–H and O–H groups in total. The number of anilines is 1. The van der Waals surface area contributed by atoms with Crippen molar-refractivity contribution in [3.05, 3.63) is 57.3 Å². The summed E-state index contributed by atoms with van der Waals surface area (Å²) in [4.78, 5) is 15.9. The van der Waals surface area contributed by atoms with E-state index in [-0.39, 0.29) is 23.6 Å². The van der Waals surface area contributed by atoms with Crippen molar-refractivity contribution in [2.75, 3.05) is 19.0 Å². The van der Waals surface area contributed by atoms with E-state index in [0.29, 0.717) is 15.6 Å². The van der Waals surface area contributed by atoms with Crippen LogP contribution in [-0.2, 0) is 9.53 Å². The molecule has 1 spiro atoms. The third-order valence-electron chi connectivity index (χ3n) is 6.43. The molecular weight excluding hydrogens is 411 g/mol. The molecule has 1 aromatic carbocycles. The Morgan fingerprint density at radius 1 is 1.31 bits per heavy atom. The van der Waals surface area contributed by atoms with Crippen molar-refractivity contribution in [3.63, 3.8) is 0 Å². The Balaban J connectivity index is 1.60. The molecule has 2 aromatic rings. The highest BCUT2D eigenvalue weighted by Crippen LogP contribution is 2.52. The summed E-state index contributed by atoms with van der Waals surface area (Å²) in [5.41, 5.74) is 2.23. The molecule has 1 amide bonds. The van der Waals surface area contributed by atoms with Crippen LogP contribution in [0, 0.1) is 0 Å². The van der Waals surface area contributed by atoms with Crippen molar-refractivity contribution in [3.8, 4) is 0 Å². The number of fused-ring (bicyclic) bond motifs is 1. The van der Waals surface area contributed by atoms with Gasteiger partial charge in [0.2, 0.25) is 0 Å². The molecule has 1 aliphatic carbocycles. The monoisotopic (exact) mass is 432 g/mol. The van der Waals surface area contributed by atoms with Gasteiger partial charge in [0.1, 0.15) is 11.9 Å². The Hall–Kier alpha value is -2.02. The van der Waals surface area contributed by atoms with Crippen LogP contribution in [-0.4, -0.2) is 45.9 Å². The summed E-state index contributed by atoms with van der Waals surface area (Å²) < 4.78 is 7.44. The normalized spacial score (nSPS) is 27.9. The molecule has 3 aliphatic rings. The highest BCUT2D eigenvalue weighted by Gasteiger charge is 2.63. The lowest BCUT2D eigenvalue weighted by Gasteiger charge is -2.34. The Labute approximate surface area is 179 Å². The van der Waals surface area contributed by atoms with Crippen LogP contribution in [0.4, 0.5) is 5.82 Å². The molecule has 8 heteroatoms. The van der Waals surface area contributed by atoms with Crippen LogP contribution in [0.2, 0.25) is 10.0 Å². The Kier molecular flexibility index (Phi) is 4.42. The Bertz CT molecular complexity index is 1030. The van der Waals surface area contributed by atoms with Crippen LogP contribution in [0.3, 0.4) is 0 Å². The lowest BCUT2D eigenvalue weighted by atomic mass is 9.94. The number of likely N-dealkylation sites (tertiary alicyclic amines) is 1. The van der Waals surface area contributed by atoms with Crippen molar-refractivity contribution in [1.29, 1.82) is 0 Å². The molecule has 152 valence electrons. The number of rotatable bonds is 3. The fourth-order valence-electron chi connectivity index (χ4n) is 4.94. The van der Waals surface area contributed by atoms with Gasteiger partial charge in [-0.25, -0.2) is 4.68 Å². The third kappa shape index (κ3) is 2.80. The molecule has 2 unspecified atom stereocenters. The van der Waals surface area contributed by atoms with E-state index in [1.165, 1.54) is 0 Å². The largest absolute Gasteiger partial charge is 0.379 e. The maximum absolute atomic E-state index is 13.9. The molecule has 1 aromatic heterocycles. The molecule has 2 fully saturated rings.